The van der Waals surface area contributed by atoms with Gasteiger partial charge >= 0.3 is 5.63 Å². The molecule has 10 heteroatoms. The highest BCUT2D eigenvalue weighted by Gasteiger charge is 2.18. The molecule has 0 aliphatic rings. The molecule has 0 saturated carbocycles. The minimum atomic E-state index is -0.927. The fourth-order valence-corrected chi connectivity index (χ4v) is 2.82. The molecule has 2 amide bonds. The molecule has 8 nitrogen and oxygen atoms in total. The Labute approximate surface area is 185 Å². The average Bonchev–Trinajstić information content (AvgIpc) is 2.77. The fraction of sp³-hybridized carbons (Fsp3) is 0.0909. The quantitative estimate of drug-likeness (QED) is 0.433. The Morgan fingerprint density at radius 3 is 2.31 bits per heavy atom. The number of benzene rings is 2. The molecule has 0 radical (unpaired) electrons. The van der Waals surface area contributed by atoms with Crippen molar-refractivity contribution in [2.24, 2.45) is 0 Å². The van der Waals surface area contributed by atoms with Gasteiger partial charge in [-0.25, -0.2) is 9.18 Å². The lowest BCUT2D eigenvalue weighted by Gasteiger charge is -2.11. The molecule has 3 aromatic rings. The second-order valence-corrected chi connectivity index (χ2v) is 7.01. The average molecular weight is 459 g/mol. The first-order valence-electron chi connectivity index (χ1n) is 9.16. The van der Waals surface area contributed by atoms with Crippen LogP contribution >= 0.6 is 11.6 Å². The van der Waals surface area contributed by atoms with Crippen molar-refractivity contribution >= 4 is 29.2 Å². The van der Waals surface area contributed by atoms with Crippen LogP contribution < -0.4 is 21.2 Å². The zero-order valence-electron chi connectivity index (χ0n) is 16.6. The normalized spacial score (nSPS) is 10.3. The van der Waals surface area contributed by atoms with Crippen molar-refractivity contribution in [2.45, 2.75) is 6.92 Å². The molecule has 1 heterocycles. The monoisotopic (exact) mass is 458 g/mol. The van der Waals surface area contributed by atoms with Crippen molar-refractivity contribution in [3.8, 4) is 5.75 Å². The maximum absolute atomic E-state index is 14.5. The molecule has 0 fully saturated rings. The number of halogens is 2. The molecule has 0 aliphatic carbocycles. The summed E-state index contributed by atoms with van der Waals surface area (Å²) in [5.74, 6) is -3.33. The van der Waals surface area contributed by atoms with Crippen LogP contribution in [0.15, 0.2) is 64.0 Å². The van der Waals surface area contributed by atoms with E-state index in [1.807, 2.05) is 6.92 Å². The van der Waals surface area contributed by atoms with E-state index in [-0.39, 0.29) is 16.1 Å². The maximum Gasteiger partial charge on any atom is 0.335 e. The second-order valence-electron chi connectivity index (χ2n) is 6.60. The van der Waals surface area contributed by atoms with Crippen molar-refractivity contribution in [1.29, 1.82) is 0 Å². The van der Waals surface area contributed by atoms with E-state index in [0.29, 0.717) is 5.56 Å². The number of aryl methyl sites for hydroxylation is 1. The van der Waals surface area contributed by atoms with E-state index in [0.717, 1.165) is 24.0 Å². The highest BCUT2D eigenvalue weighted by Crippen LogP contribution is 2.30. The summed E-state index contributed by atoms with van der Waals surface area (Å²) in [6.07, 6.45) is 0.926. The molecular formula is C22H16ClFN2O6. The number of amides is 2. The van der Waals surface area contributed by atoms with Crippen LogP contribution in [0.1, 0.15) is 31.8 Å². The van der Waals surface area contributed by atoms with Gasteiger partial charge in [0.15, 0.2) is 24.0 Å². The van der Waals surface area contributed by atoms with Crippen LogP contribution in [-0.2, 0) is 4.79 Å². The molecule has 2 N–H and O–H groups in total. The van der Waals surface area contributed by atoms with E-state index in [2.05, 4.69) is 15.3 Å². The topological polar surface area (TPSA) is 115 Å². The van der Waals surface area contributed by atoms with Gasteiger partial charge in [0, 0.05) is 17.2 Å². The Morgan fingerprint density at radius 2 is 1.69 bits per heavy atom. The first-order chi connectivity index (χ1) is 15.2. The van der Waals surface area contributed by atoms with E-state index in [1.54, 1.807) is 24.3 Å². The van der Waals surface area contributed by atoms with Gasteiger partial charge in [-0.2, -0.15) is 0 Å². The van der Waals surface area contributed by atoms with E-state index in [9.17, 15) is 23.6 Å². The molecule has 164 valence electrons. The first-order valence-corrected chi connectivity index (χ1v) is 9.53. The van der Waals surface area contributed by atoms with E-state index >= 15 is 0 Å². The number of hydrogen-bond acceptors (Lipinski definition) is 6. The Kier molecular flexibility index (Phi) is 7.01. The molecule has 32 heavy (non-hydrogen) atoms. The summed E-state index contributed by atoms with van der Waals surface area (Å²) in [6.45, 7) is 1.20. The smallest absolute Gasteiger partial charge is 0.335 e. The largest absolute Gasteiger partial charge is 0.479 e. The maximum atomic E-state index is 14.5. The van der Waals surface area contributed by atoms with Gasteiger partial charge in [0.2, 0.25) is 0 Å². The SMILES string of the molecule is Cc1ccc(C(=O)c2cc(F)c(OCC(=O)NNC(=O)c3ccc(=O)oc3)c(Cl)c2)cc1. The molecule has 0 atom stereocenters. The third-order valence-electron chi connectivity index (χ3n) is 4.20. The Balaban J connectivity index is 1.60. The van der Waals surface area contributed by atoms with Crippen LogP contribution in [-0.4, -0.2) is 24.2 Å². The molecular weight excluding hydrogens is 443 g/mol. The lowest BCUT2D eigenvalue weighted by Crippen LogP contribution is -2.43. The zero-order valence-corrected chi connectivity index (χ0v) is 17.4. The summed E-state index contributed by atoms with van der Waals surface area (Å²) >= 11 is 6.04. The number of hydrogen-bond donors (Lipinski definition) is 2. The standard InChI is InChI=1S/C22H16ClFN2O6/c1-12-2-4-13(5-3-12)20(29)15-8-16(23)21(17(24)9-15)32-11-18(27)25-26-22(30)14-6-7-19(28)31-10-14/h2-10H,11H2,1H3,(H,25,27)(H,26,30). The van der Waals surface area contributed by atoms with Gasteiger partial charge in [0.1, 0.15) is 6.26 Å². The molecule has 0 bridgehead atoms. The molecule has 0 saturated heterocycles. The molecule has 0 unspecified atom stereocenters. The number of nitrogens with one attached hydrogen (secondary N) is 2. The lowest BCUT2D eigenvalue weighted by molar-refractivity contribution is -0.123. The van der Waals surface area contributed by atoms with Crippen molar-refractivity contribution in [2.75, 3.05) is 6.61 Å². The van der Waals surface area contributed by atoms with Crippen molar-refractivity contribution in [1.82, 2.24) is 10.9 Å². The Bertz CT molecular complexity index is 1200. The van der Waals surface area contributed by atoms with Gasteiger partial charge in [0.25, 0.3) is 11.8 Å². The van der Waals surface area contributed by atoms with Crippen LogP contribution in [0.5, 0.6) is 5.75 Å². The van der Waals surface area contributed by atoms with E-state index in [1.165, 1.54) is 12.1 Å². The minimum absolute atomic E-state index is 0.00580. The van der Waals surface area contributed by atoms with Crippen LogP contribution in [0, 0.1) is 12.7 Å². The molecule has 1 aromatic heterocycles. The summed E-state index contributed by atoms with van der Waals surface area (Å²) < 4.78 is 24.1. The number of rotatable bonds is 6. The van der Waals surface area contributed by atoms with Crippen molar-refractivity contribution in [3.05, 3.63) is 98.3 Å². The van der Waals surface area contributed by atoms with Gasteiger partial charge in [0.05, 0.1) is 10.6 Å². The zero-order chi connectivity index (χ0) is 23.3. The summed E-state index contributed by atoms with van der Waals surface area (Å²) in [7, 11) is 0. The number of carbonyl (C=O) groups is 3. The predicted octanol–water partition coefficient (Wildman–Crippen LogP) is 2.81. The second kappa shape index (κ2) is 9.88. The van der Waals surface area contributed by atoms with E-state index < -0.39 is 41.4 Å². The summed E-state index contributed by atoms with van der Waals surface area (Å²) in [6, 6.07) is 11.2. The van der Waals surface area contributed by atoms with E-state index in [4.69, 9.17) is 16.3 Å². The molecule has 2 aromatic carbocycles. The molecule has 0 spiro atoms. The summed E-state index contributed by atoms with van der Waals surface area (Å²) in [4.78, 5) is 47.1. The van der Waals surface area contributed by atoms with Gasteiger partial charge in [-0.3, -0.25) is 25.2 Å². The van der Waals surface area contributed by atoms with Gasteiger partial charge in [-0.05, 0) is 25.1 Å². The summed E-state index contributed by atoms with van der Waals surface area (Å²) in [5.41, 5.74) is 4.86. The number of ketones is 1. The van der Waals surface area contributed by atoms with Crippen molar-refractivity contribution < 1.29 is 27.9 Å². The highest BCUT2D eigenvalue weighted by molar-refractivity contribution is 6.32. The van der Waals surface area contributed by atoms with Crippen LogP contribution in [0.4, 0.5) is 4.39 Å². The van der Waals surface area contributed by atoms with Gasteiger partial charge in [-0.15, -0.1) is 0 Å². The lowest BCUT2D eigenvalue weighted by atomic mass is 10.0. The van der Waals surface area contributed by atoms with Gasteiger partial charge in [-0.1, -0.05) is 41.4 Å². The molecule has 3 rings (SSSR count). The van der Waals surface area contributed by atoms with Crippen LogP contribution in [0.2, 0.25) is 5.02 Å². The van der Waals surface area contributed by atoms with Crippen LogP contribution in [0.25, 0.3) is 0 Å². The van der Waals surface area contributed by atoms with Gasteiger partial charge < -0.3 is 9.15 Å². The summed E-state index contributed by atoms with van der Waals surface area (Å²) in [5, 5.41) is -0.198. The Hall–Kier alpha value is -3.98. The first kappa shape index (κ1) is 22.7. The Morgan fingerprint density at radius 1 is 1.00 bits per heavy atom. The van der Waals surface area contributed by atoms with Crippen LogP contribution in [0.3, 0.4) is 0 Å². The fourth-order valence-electron chi connectivity index (χ4n) is 2.56. The third-order valence-corrected chi connectivity index (χ3v) is 4.48. The van der Waals surface area contributed by atoms with Crippen molar-refractivity contribution in [3.63, 3.8) is 0 Å². The highest BCUT2D eigenvalue weighted by atomic mass is 35.5. The molecule has 0 aliphatic heterocycles. The number of ether oxygens (including phenoxy) is 1. The predicted molar refractivity (Wildman–Crippen MR) is 112 cm³/mol. The number of carbonyl (C=O) groups excluding carboxylic acids is 3. The third kappa shape index (κ3) is 5.58. The minimum Gasteiger partial charge on any atom is -0.479 e. The number of hydrazine groups is 1.